The van der Waals surface area contributed by atoms with Crippen molar-refractivity contribution in [2.45, 2.75) is 37.8 Å². The lowest BCUT2D eigenvalue weighted by Gasteiger charge is -2.43. The van der Waals surface area contributed by atoms with Crippen molar-refractivity contribution in [2.75, 3.05) is 6.54 Å². The summed E-state index contributed by atoms with van der Waals surface area (Å²) < 4.78 is 0. The highest BCUT2D eigenvalue weighted by atomic mass is 16.1. The van der Waals surface area contributed by atoms with Crippen LogP contribution >= 0.6 is 0 Å². The molecule has 0 saturated carbocycles. The highest BCUT2D eigenvalue weighted by molar-refractivity contribution is 5.93. The van der Waals surface area contributed by atoms with Crippen LogP contribution in [0.2, 0.25) is 0 Å². The van der Waals surface area contributed by atoms with Crippen molar-refractivity contribution in [2.24, 2.45) is 0 Å². The van der Waals surface area contributed by atoms with E-state index in [0.717, 1.165) is 19.5 Å². The smallest absolute Gasteiger partial charge is 0.157 e. The molecule has 18 heavy (non-hydrogen) atoms. The van der Waals surface area contributed by atoms with Crippen molar-refractivity contribution >= 4 is 5.78 Å². The Kier molecular flexibility index (Phi) is 3.04. The third-order valence-corrected chi connectivity index (χ3v) is 4.19. The first-order chi connectivity index (χ1) is 8.78. The second-order valence-corrected chi connectivity index (χ2v) is 5.44. The molecule has 0 N–H and O–H groups in total. The number of rotatable bonds is 2. The van der Waals surface area contributed by atoms with Crippen LogP contribution in [0.1, 0.15) is 31.2 Å². The summed E-state index contributed by atoms with van der Waals surface area (Å²) in [5, 5.41) is 0. The molecule has 2 nitrogen and oxygen atoms in total. The van der Waals surface area contributed by atoms with Crippen LogP contribution in [0.4, 0.5) is 0 Å². The van der Waals surface area contributed by atoms with Gasteiger partial charge in [-0.05, 0) is 37.4 Å². The number of carbonyl (C=O) groups excluding carboxylic acids is 1. The zero-order valence-electron chi connectivity index (χ0n) is 10.6. The molecule has 0 bridgehead atoms. The molecule has 2 aliphatic rings. The van der Waals surface area contributed by atoms with Gasteiger partial charge in [-0.1, -0.05) is 36.4 Å². The second kappa shape index (κ2) is 4.69. The summed E-state index contributed by atoms with van der Waals surface area (Å²) in [5.41, 5.74) is 1.36. The van der Waals surface area contributed by atoms with Crippen LogP contribution in [0.15, 0.2) is 42.5 Å². The van der Waals surface area contributed by atoms with Crippen LogP contribution in [-0.2, 0) is 11.3 Å². The van der Waals surface area contributed by atoms with Crippen LogP contribution in [-0.4, -0.2) is 22.8 Å². The maximum atomic E-state index is 11.6. The summed E-state index contributed by atoms with van der Waals surface area (Å²) >= 11 is 0. The molecule has 1 aliphatic carbocycles. The molecule has 1 heterocycles. The maximum absolute atomic E-state index is 11.6. The van der Waals surface area contributed by atoms with Gasteiger partial charge < -0.3 is 0 Å². The van der Waals surface area contributed by atoms with E-state index in [-0.39, 0.29) is 11.3 Å². The monoisotopic (exact) mass is 241 g/mol. The zero-order valence-corrected chi connectivity index (χ0v) is 10.6. The van der Waals surface area contributed by atoms with Crippen molar-refractivity contribution in [1.82, 2.24) is 4.90 Å². The van der Waals surface area contributed by atoms with Gasteiger partial charge in [0.15, 0.2) is 5.78 Å². The first-order valence-corrected chi connectivity index (χ1v) is 6.80. The van der Waals surface area contributed by atoms with Gasteiger partial charge in [0.1, 0.15) is 0 Å². The van der Waals surface area contributed by atoms with E-state index in [1.165, 1.54) is 18.4 Å². The second-order valence-electron chi connectivity index (χ2n) is 5.44. The van der Waals surface area contributed by atoms with Crippen molar-refractivity contribution in [3.63, 3.8) is 0 Å². The fourth-order valence-corrected chi connectivity index (χ4v) is 3.21. The van der Waals surface area contributed by atoms with E-state index in [1.807, 2.05) is 0 Å². The number of carbonyl (C=O) groups is 1. The van der Waals surface area contributed by atoms with Crippen LogP contribution in [0, 0.1) is 0 Å². The van der Waals surface area contributed by atoms with Gasteiger partial charge in [0, 0.05) is 18.5 Å². The summed E-state index contributed by atoms with van der Waals surface area (Å²) in [6.07, 6.45) is 8.22. The summed E-state index contributed by atoms with van der Waals surface area (Å²) in [6, 6.07) is 10.6. The van der Waals surface area contributed by atoms with Crippen molar-refractivity contribution < 1.29 is 4.79 Å². The van der Waals surface area contributed by atoms with Gasteiger partial charge in [-0.3, -0.25) is 9.69 Å². The lowest BCUT2D eigenvalue weighted by molar-refractivity contribution is -0.116. The molecule has 2 heteroatoms. The first-order valence-electron chi connectivity index (χ1n) is 6.80. The molecule has 1 unspecified atom stereocenters. The Morgan fingerprint density at radius 1 is 1.17 bits per heavy atom. The quantitative estimate of drug-likeness (QED) is 0.793. The third-order valence-electron chi connectivity index (χ3n) is 4.19. The molecule has 0 amide bonds. The minimum absolute atomic E-state index is 0.0190. The van der Waals surface area contributed by atoms with E-state index in [2.05, 4.69) is 41.3 Å². The molecular weight excluding hydrogens is 222 g/mol. The predicted octanol–water partition coefficient (Wildman–Crippen LogP) is 2.94. The Morgan fingerprint density at radius 2 is 2.00 bits per heavy atom. The van der Waals surface area contributed by atoms with Gasteiger partial charge in [0.25, 0.3) is 0 Å². The number of allylic oxidation sites excluding steroid dienone is 1. The SMILES string of the molecule is O=C1C=CC2(CCCCN2Cc2ccccc2)C1. The zero-order chi connectivity index (χ0) is 12.4. The van der Waals surface area contributed by atoms with E-state index >= 15 is 0 Å². The molecule has 1 spiro atoms. The van der Waals surface area contributed by atoms with Crippen LogP contribution in [0.3, 0.4) is 0 Å². The Morgan fingerprint density at radius 3 is 2.72 bits per heavy atom. The third kappa shape index (κ3) is 2.13. The topological polar surface area (TPSA) is 20.3 Å². The van der Waals surface area contributed by atoms with Gasteiger partial charge in [0.05, 0.1) is 0 Å². The summed E-state index contributed by atoms with van der Waals surface area (Å²) in [7, 11) is 0. The molecule has 0 radical (unpaired) electrons. The van der Waals surface area contributed by atoms with E-state index in [4.69, 9.17) is 0 Å². The van der Waals surface area contributed by atoms with Gasteiger partial charge >= 0.3 is 0 Å². The van der Waals surface area contributed by atoms with Gasteiger partial charge in [0.2, 0.25) is 0 Å². The predicted molar refractivity (Wildman–Crippen MR) is 72.2 cm³/mol. The highest BCUT2D eigenvalue weighted by Crippen LogP contribution is 2.37. The Hall–Kier alpha value is -1.41. The summed E-state index contributed by atoms with van der Waals surface area (Å²) in [4.78, 5) is 14.1. The van der Waals surface area contributed by atoms with Gasteiger partial charge in [-0.15, -0.1) is 0 Å². The normalized spacial score (nSPS) is 28.1. The molecule has 1 aliphatic heterocycles. The van der Waals surface area contributed by atoms with Gasteiger partial charge in [-0.2, -0.15) is 0 Å². The molecule has 1 fully saturated rings. The number of nitrogens with zero attached hydrogens (tertiary/aromatic N) is 1. The molecule has 1 saturated heterocycles. The molecule has 1 atom stereocenters. The molecule has 1 aromatic carbocycles. The van der Waals surface area contributed by atoms with Crippen LogP contribution in [0.5, 0.6) is 0 Å². The number of benzene rings is 1. The number of piperidine rings is 1. The van der Waals surface area contributed by atoms with E-state index in [0.29, 0.717) is 6.42 Å². The number of ketones is 1. The van der Waals surface area contributed by atoms with Crippen molar-refractivity contribution in [3.8, 4) is 0 Å². The van der Waals surface area contributed by atoms with E-state index in [9.17, 15) is 4.79 Å². The average Bonchev–Trinajstić information content (AvgIpc) is 2.76. The van der Waals surface area contributed by atoms with E-state index in [1.54, 1.807) is 6.08 Å². The van der Waals surface area contributed by atoms with Crippen LogP contribution in [0.25, 0.3) is 0 Å². The Balaban J connectivity index is 1.81. The lowest BCUT2D eigenvalue weighted by Crippen LogP contribution is -2.49. The Labute approximate surface area is 108 Å². The average molecular weight is 241 g/mol. The highest BCUT2D eigenvalue weighted by Gasteiger charge is 2.40. The number of hydrogen-bond acceptors (Lipinski definition) is 2. The van der Waals surface area contributed by atoms with E-state index < -0.39 is 0 Å². The standard InChI is InChI=1S/C16H19NO/c18-15-8-10-16(12-15)9-4-5-11-17(16)13-14-6-2-1-3-7-14/h1-3,6-8,10H,4-5,9,11-13H2. The van der Waals surface area contributed by atoms with Crippen molar-refractivity contribution in [3.05, 3.63) is 48.0 Å². The fourth-order valence-electron chi connectivity index (χ4n) is 3.21. The lowest BCUT2D eigenvalue weighted by atomic mass is 9.85. The molecule has 1 aromatic rings. The summed E-state index contributed by atoms with van der Waals surface area (Å²) in [5.74, 6) is 0.287. The molecule has 94 valence electrons. The minimum Gasteiger partial charge on any atom is -0.295 e. The Bertz CT molecular complexity index is 465. The maximum Gasteiger partial charge on any atom is 0.157 e. The first kappa shape index (κ1) is 11.7. The largest absolute Gasteiger partial charge is 0.295 e. The number of likely N-dealkylation sites (tertiary alicyclic amines) is 1. The number of hydrogen-bond donors (Lipinski definition) is 0. The summed E-state index contributed by atoms with van der Waals surface area (Å²) in [6.45, 7) is 2.06. The molecule has 0 aromatic heterocycles. The van der Waals surface area contributed by atoms with Crippen LogP contribution < -0.4 is 0 Å². The fraction of sp³-hybridized carbons (Fsp3) is 0.438. The molecule has 3 rings (SSSR count). The van der Waals surface area contributed by atoms with Crippen molar-refractivity contribution in [1.29, 1.82) is 0 Å². The molecular formula is C16H19NO. The minimum atomic E-state index is 0.0190. The van der Waals surface area contributed by atoms with Gasteiger partial charge in [-0.25, -0.2) is 0 Å².